The highest BCUT2D eigenvalue weighted by atomic mass is 15.2. The van der Waals surface area contributed by atoms with Crippen molar-refractivity contribution in [3.63, 3.8) is 0 Å². The summed E-state index contributed by atoms with van der Waals surface area (Å²) < 4.78 is 1.85. The second-order valence-electron chi connectivity index (χ2n) is 3.04. The topological polar surface area (TPSA) is 17.8 Å². The number of rotatable bonds is 2. The zero-order valence-corrected chi connectivity index (χ0v) is 8.54. The fourth-order valence-corrected chi connectivity index (χ4v) is 1.24. The van der Waals surface area contributed by atoms with E-state index in [4.69, 9.17) is 0 Å². The van der Waals surface area contributed by atoms with E-state index in [0.717, 1.165) is 17.0 Å². The lowest BCUT2D eigenvalue weighted by Crippen LogP contribution is -2.26. The zero-order chi connectivity index (χ0) is 9.84. The third-order valence-corrected chi connectivity index (χ3v) is 2.17. The van der Waals surface area contributed by atoms with Crippen LogP contribution >= 0.6 is 0 Å². The Balaban J connectivity index is 3.28. The summed E-state index contributed by atoms with van der Waals surface area (Å²) in [5.74, 6) is 0. The van der Waals surface area contributed by atoms with Gasteiger partial charge in [-0.3, -0.25) is 4.68 Å². The van der Waals surface area contributed by atoms with Gasteiger partial charge in [-0.1, -0.05) is 25.2 Å². The monoisotopic (exact) mass is 176 g/mol. The van der Waals surface area contributed by atoms with Gasteiger partial charge in [-0.05, 0) is 19.4 Å². The molecule has 2 heteroatoms. The first kappa shape index (κ1) is 9.78. The molecule has 0 saturated carbocycles. The van der Waals surface area contributed by atoms with Crippen LogP contribution in [0.2, 0.25) is 0 Å². The third kappa shape index (κ3) is 2.08. The molecule has 1 aromatic rings. The van der Waals surface area contributed by atoms with Gasteiger partial charge >= 0.3 is 0 Å². The van der Waals surface area contributed by atoms with Gasteiger partial charge in [-0.15, -0.1) is 0 Å². The van der Waals surface area contributed by atoms with E-state index >= 15 is 0 Å². The average molecular weight is 176 g/mol. The summed E-state index contributed by atoms with van der Waals surface area (Å²) in [5.41, 5.74) is 1.31. The molecule has 13 heavy (non-hydrogen) atoms. The number of hydrogen-bond acceptors (Lipinski definition) is 1. The van der Waals surface area contributed by atoms with Gasteiger partial charge in [0.25, 0.3) is 0 Å². The van der Waals surface area contributed by atoms with Crippen LogP contribution in [0, 0.1) is 0 Å². The van der Waals surface area contributed by atoms with Crippen molar-refractivity contribution >= 4 is 12.7 Å². The Morgan fingerprint density at radius 2 is 2.38 bits per heavy atom. The van der Waals surface area contributed by atoms with E-state index in [2.05, 4.69) is 37.7 Å². The van der Waals surface area contributed by atoms with E-state index in [1.54, 1.807) is 6.20 Å². The molecule has 0 amide bonds. The Labute approximate surface area is 78.9 Å². The molecule has 0 aliphatic rings. The first-order chi connectivity index (χ1) is 6.19. The quantitative estimate of drug-likeness (QED) is 0.656. The van der Waals surface area contributed by atoms with Crippen LogP contribution in [0.5, 0.6) is 0 Å². The maximum absolute atomic E-state index is 4.13. The van der Waals surface area contributed by atoms with E-state index < -0.39 is 0 Å². The van der Waals surface area contributed by atoms with E-state index in [0.29, 0.717) is 0 Å². The zero-order valence-electron chi connectivity index (χ0n) is 8.54. The largest absolute Gasteiger partial charge is 0.268 e. The highest BCUT2D eigenvalue weighted by molar-refractivity contribution is 5.44. The second-order valence-corrected chi connectivity index (χ2v) is 3.04. The Kier molecular flexibility index (Phi) is 3.07. The van der Waals surface area contributed by atoms with Crippen LogP contribution in [0.4, 0.5) is 0 Å². The van der Waals surface area contributed by atoms with Crippen LogP contribution in [0.1, 0.15) is 20.3 Å². The molecule has 1 aromatic heterocycles. The maximum Gasteiger partial charge on any atom is 0.0675 e. The summed E-state index contributed by atoms with van der Waals surface area (Å²) in [4.78, 5) is 0. The number of hydrogen-bond donors (Lipinski definition) is 0. The van der Waals surface area contributed by atoms with Gasteiger partial charge in [-0.25, -0.2) is 0 Å². The van der Waals surface area contributed by atoms with Crippen molar-refractivity contribution in [3.8, 4) is 0 Å². The molecule has 70 valence electrons. The molecule has 2 nitrogen and oxygen atoms in total. The highest BCUT2D eigenvalue weighted by Gasteiger charge is 1.92. The first-order valence-corrected chi connectivity index (χ1v) is 4.53. The van der Waals surface area contributed by atoms with Gasteiger partial charge in [0.15, 0.2) is 0 Å². The second kappa shape index (κ2) is 4.08. The van der Waals surface area contributed by atoms with Crippen molar-refractivity contribution in [1.29, 1.82) is 0 Å². The van der Waals surface area contributed by atoms with Crippen molar-refractivity contribution in [3.05, 3.63) is 28.4 Å². The van der Waals surface area contributed by atoms with Crippen molar-refractivity contribution in [2.45, 2.75) is 20.3 Å². The molecule has 0 radical (unpaired) electrons. The van der Waals surface area contributed by atoms with Gasteiger partial charge in [0, 0.05) is 12.3 Å². The minimum absolute atomic E-state index is 0.982. The molecule has 0 atom stereocenters. The molecule has 0 spiro atoms. The first-order valence-electron chi connectivity index (χ1n) is 4.53. The minimum Gasteiger partial charge on any atom is -0.268 e. The minimum atomic E-state index is 0.982. The number of nitrogens with zero attached hydrogens (tertiary/aromatic N) is 2. The van der Waals surface area contributed by atoms with Crippen molar-refractivity contribution in [1.82, 2.24) is 9.78 Å². The van der Waals surface area contributed by atoms with E-state index in [9.17, 15) is 0 Å². The van der Waals surface area contributed by atoms with Crippen LogP contribution in [-0.2, 0) is 7.05 Å². The van der Waals surface area contributed by atoms with Crippen molar-refractivity contribution in [2.24, 2.45) is 7.05 Å². The summed E-state index contributed by atoms with van der Waals surface area (Å²) in [6.45, 7) is 8.12. The molecule has 0 aliphatic heterocycles. The summed E-state index contributed by atoms with van der Waals surface area (Å²) in [5, 5.41) is 6.21. The van der Waals surface area contributed by atoms with Crippen LogP contribution in [0.3, 0.4) is 0 Å². The highest BCUT2D eigenvalue weighted by Crippen LogP contribution is 1.99. The number of aromatic nitrogens is 2. The fourth-order valence-electron chi connectivity index (χ4n) is 1.24. The van der Waals surface area contributed by atoms with Gasteiger partial charge in [-0.2, -0.15) is 5.10 Å². The summed E-state index contributed by atoms with van der Waals surface area (Å²) in [7, 11) is 1.93. The average Bonchev–Trinajstić information content (AvgIpc) is 2.44. The molecular weight excluding hydrogens is 160 g/mol. The van der Waals surface area contributed by atoms with Crippen molar-refractivity contribution < 1.29 is 0 Å². The van der Waals surface area contributed by atoms with Crippen LogP contribution in [-0.4, -0.2) is 9.78 Å². The Morgan fingerprint density at radius 3 is 2.77 bits per heavy atom. The Bertz CT molecular complexity index is 410. The van der Waals surface area contributed by atoms with Gasteiger partial charge in [0.05, 0.1) is 11.5 Å². The summed E-state index contributed by atoms with van der Waals surface area (Å²) >= 11 is 0. The molecule has 0 saturated heterocycles. The third-order valence-electron chi connectivity index (χ3n) is 2.17. The lowest BCUT2D eigenvalue weighted by Gasteiger charge is -1.94. The van der Waals surface area contributed by atoms with Crippen LogP contribution < -0.4 is 10.6 Å². The summed E-state index contributed by atoms with van der Waals surface area (Å²) in [6.07, 6.45) is 7.08. The van der Waals surface area contributed by atoms with E-state index in [1.165, 1.54) is 5.57 Å². The van der Waals surface area contributed by atoms with Crippen LogP contribution in [0.25, 0.3) is 12.7 Å². The fraction of sp³-hybridized carbons (Fsp3) is 0.364. The van der Waals surface area contributed by atoms with E-state index in [-0.39, 0.29) is 0 Å². The van der Waals surface area contributed by atoms with Gasteiger partial charge in [0.1, 0.15) is 0 Å². The number of allylic oxidation sites excluding steroid dienone is 2. The maximum atomic E-state index is 4.13. The molecule has 1 heterocycles. The standard InChI is InChI=1S/C11H16N2/c1-5-10(6-2)7-11-9(3)8-12-13(11)4/h5,7-8H,3,6H2,1-2,4H3/b10-5-,11-7+. The predicted molar refractivity (Wildman–Crippen MR) is 56.5 cm³/mol. The Hall–Kier alpha value is -1.31. The molecule has 1 rings (SSSR count). The summed E-state index contributed by atoms with van der Waals surface area (Å²) in [6, 6.07) is 0. The van der Waals surface area contributed by atoms with Gasteiger partial charge in [0.2, 0.25) is 0 Å². The molecule has 0 bridgehead atoms. The van der Waals surface area contributed by atoms with E-state index in [1.807, 2.05) is 11.7 Å². The number of aryl methyl sites for hydroxylation is 1. The lowest BCUT2D eigenvalue weighted by atomic mass is 10.2. The molecule has 0 N–H and O–H groups in total. The molecule has 0 aromatic carbocycles. The molecular formula is C11H16N2. The molecule has 0 fully saturated rings. The SMILES string of the molecule is C=c1cnn(C)/c1=C/C(=C\C)CC. The molecule has 0 aliphatic carbocycles. The smallest absolute Gasteiger partial charge is 0.0675 e. The van der Waals surface area contributed by atoms with Crippen molar-refractivity contribution in [2.75, 3.05) is 0 Å². The van der Waals surface area contributed by atoms with Crippen LogP contribution in [0.15, 0.2) is 17.8 Å². The predicted octanol–water partition coefficient (Wildman–Crippen LogP) is 0.967. The molecule has 0 unspecified atom stereocenters. The van der Waals surface area contributed by atoms with Gasteiger partial charge < -0.3 is 0 Å². The lowest BCUT2D eigenvalue weighted by molar-refractivity contribution is 0.742. The Morgan fingerprint density at radius 1 is 1.69 bits per heavy atom. The normalized spacial score (nSPS) is 13.8.